The zero-order chi connectivity index (χ0) is 28.2. The summed E-state index contributed by atoms with van der Waals surface area (Å²) in [6.07, 6.45) is 4.49. The van der Waals surface area contributed by atoms with Crippen molar-refractivity contribution in [3.8, 4) is 23.0 Å². The third-order valence-electron chi connectivity index (χ3n) is 7.90. The Morgan fingerprint density at radius 3 is 2.20 bits per heavy atom. The lowest BCUT2D eigenvalue weighted by molar-refractivity contribution is -0.135. The van der Waals surface area contributed by atoms with Gasteiger partial charge in [0.05, 0.1) is 5.92 Å². The highest BCUT2D eigenvalue weighted by Crippen LogP contribution is 2.40. The average molecular weight is 556 g/mol. The van der Waals surface area contributed by atoms with Crippen LogP contribution >= 0.6 is 0 Å². The molecule has 3 aromatic rings. The van der Waals surface area contributed by atoms with E-state index in [1.54, 1.807) is 0 Å². The summed E-state index contributed by atoms with van der Waals surface area (Å²) in [6, 6.07) is 21.8. The van der Waals surface area contributed by atoms with Crippen molar-refractivity contribution in [1.29, 1.82) is 0 Å². The third-order valence-corrected chi connectivity index (χ3v) is 7.90. The van der Waals surface area contributed by atoms with Crippen molar-refractivity contribution in [1.82, 2.24) is 4.90 Å². The van der Waals surface area contributed by atoms with Gasteiger partial charge in [-0.15, -0.1) is 0 Å². The van der Waals surface area contributed by atoms with Crippen molar-refractivity contribution in [2.75, 3.05) is 33.0 Å². The minimum atomic E-state index is -0.520. The first-order valence-corrected chi connectivity index (χ1v) is 14.7. The van der Waals surface area contributed by atoms with E-state index in [4.69, 9.17) is 18.9 Å². The van der Waals surface area contributed by atoms with Crippen LogP contribution in [0.3, 0.4) is 0 Å². The molecule has 0 bridgehead atoms. The molecule has 2 aliphatic heterocycles. The maximum absolute atomic E-state index is 12.2. The van der Waals surface area contributed by atoms with Crippen LogP contribution in [0.4, 0.5) is 0 Å². The Balaban J connectivity index is 1.27. The summed E-state index contributed by atoms with van der Waals surface area (Å²) in [5.41, 5.74) is 5.33. The van der Waals surface area contributed by atoms with Crippen molar-refractivity contribution in [3.05, 3.63) is 83.4 Å². The van der Waals surface area contributed by atoms with E-state index in [2.05, 4.69) is 30.0 Å². The molecule has 1 unspecified atom stereocenters. The monoisotopic (exact) mass is 555 g/mol. The number of aliphatic hydroxyl groups excluding tert-OH is 1. The second-order valence-corrected chi connectivity index (χ2v) is 11.0. The molecule has 3 aromatic carbocycles. The van der Waals surface area contributed by atoms with E-state index in [-0.39, 0.29) is 25.3 Å². The number of β-amino-alcohol motifs (C(OH)–C–C–N with tert-alkyl or cyclic N) is 1. The summed E-state index contributed by atoms with van der Waals surface area (Å²) in [6.45, 7) is 5.38. The molecule has 0 spiro atoms. The van der Waals surface area contributed by atoms with Crippen molar-refractivity contribution in [2.45, 2.75) is 45.1 Å². The van der Waals surface area contributed by atoms with Crippen LogP contribution in [0.2, 0.25) is 0 Å². The molecule has 2 fully saturated rings. The molecule has 1 atom stereocenters. The molecule has 0 aromatic heterocycles. The van der Waals surface area contributed by atoms with Crippen LogP contribution in [0.5, 0.6) is 23.0 Å². The molecule has 1 saturated heterocycles. The van der Waals surface area contributed by atoms with Crippen LogP contribution in [0.15, 0.2) is 66.7 Å². The van der Waals surface area contributed by atoms with Crippen molar-refractivity contribution in [3.63, 3.8) is 0 Å². The van der Waals surface area contributed by atoms with E-state index in [1.807, 2.05) is 48.5 Å². The van der Waals surface area contributed by atoms with Gasteiger partial charge in [-0.1, -0.05) is 37.3 Å². The molecule has 41 heavy (non-hydrogen) atoms. The third kappa shape index (κ3) is 6.58. The fraction of sp³-hybridized carbons (Fsp3) is 0.382. The summed E-state index contributed by atoms with van der Waals surface area (Å²) >= 11 is 0. The van der Waals surface area contributed by atoms with Gasteiger partial charge in [0, 0.05) is 6.54 Å². The van der Waals surface area contributed by atoms with Crippen LogP contribution in [0.1, 0.15) is 55.7 Å². The van der Waals surface area contributed by atoms with Gasteiger partial charge in [0.15, 0.2) is 11.5 Å². The van der Waals surface area contributed by atoms with E-state index >= 15 is 0 Å². The SMILES string of the molecule is CCC(=C(c1ccc(OCC(O)CN2CCCC2)cc1)c1ccc(OC(=O)C2CC2)cc1)c1ccc2c(c1)OCO2. The molecular formula is C34H37NO6. The first-order chi connectivity index (χ1) is 20.1. The zero-order valence-corrected chi connectivity index (χ0v) is 23.5. The standard InChI is InChI=1S/C34H37NO6/c1-2-30(26-11-16-31-32(19-26)40-22-39-31)33(24-9-14-29(15-10-24)41-34(37)25-5-6-25)23-7-12-28(13-8-23)38-21-27(36)20-35-17-3-4-18-35/h7-16,19,25,27,36H,2-6,17-18,20-22H2,1H3. The number of rotatable bonds is 11. The number of carbonyl (C=O) groups excluding carboxylic acids is 1. The molecule has 1 aliphatic carbocycles. The minimum Gasteiger partial charge on any atom is -0.491 e. The Morgan fingerprint density at radius 1 is 0.902 bits per heavy atom. The summed E-state index contributed by atoms with van der Waals surface area (Å²) in [5, 5.41) is 10.4. The smallest absolute Gasteiger partial charge is 0.314 e. The first-order valence-electron chi connectivity index (χ1n) is 14.7. The number of aliphatic hydroxyl groups is 1. The highest BCUT2D eigenvalue weighted by Gasteiger charge is 2.31. The molecule has 1 N–H and O–H groups in total. The molecule has 2 heterocycles. The van der Waals surface area contributed by atoms with Crippen molar-refractivity contribution < 1.29 is 28.8 Å². The van der Waals surface area contributed by atoms with Crippen LogP contribution in [-0.4, -0.2) is 55.1 Å². The van der Waals surface area contributed by atoms with Gasteiger partial charge in [-0.25, -0.2) is 0 Å². The molecule has 1 saturated carbocycles. The highest BCUT2D eigenvalue weighted by molar-refractivity contribution is 5.99. The number of likely N-dealkylation sites (tertiary alicyclic amines) is 1. The lowest BCUT2D eigenvalue weighted by atomic mass is 9.88. The van der Waals surface area contributed by atoms with Crippen LogP contribution in [0, 0.1) is 5.92 Å². The number of carbonyl (C=O) groups is 1. The Hall–Kier alpha value is -3.81. The lowest BCUT2D eigenvalue weighted by Gasteiger charge is -2.20. The molecule has 0 amide bonds. The second kappa shape index (κ2) is 12.4. The molecule has 214 valence electrons. The van der Waals surface area contributed by atoms with E-state index < -0.39 is 6.10 Å². The van der Waals surface area contributed by atoms with Gasteiger partial charge in [-0.3, -0.25) is 4.79 Å². The van der Waals surface area contributed by atoms with E-state index in [0.29, 0.717) is 12.3 Å². The normalized spacial score (nSPS) is 17.7. The fourth-order valence-corrected chi connectivity index (χ4v) is 5.56. The summed E-state index contributed by atoms with van der Waals surface area (Å²) in [7, 11) is 0. The molecule has 7 nitrogen and oxygen atoms in total. The van der Waals surface area contributed by atoms with Gasteiger partial charge < -0.3 is 29.0 Å². The predicted octanol–water partition coefficient (Wildman–Crippen LogP) is 5.94. The number of ether oxygens (including phenoxy) is 4. The Morgan fingerprint density at radius 2 is 1.54 bits per heavy atom. The Labute approximate surface area is 241 Å². The largest absolute Gasteiger partial charge is 0.491 e. The fourth-order valence-electron chi connectivity index (χ4n) is 5.56. The van der Waals surface area contributed by atoms with E-state index in [1.165, 1.54) is 12.8 Å². The summed E-state index contributed by atoms with van der Waals surface area (Å²) in [4.78, 5) is 14.5. The number of hydrogen-bond donors (Lipinski definition) is 1. The van der Waals surface area contributed by atoms with Gasteiger partial charge in [-0.2, -0.15) is 0 Å². The quantitative estimate of drug-likeness (QED) is 0.178. The van der Waals surface area contributed by atoms with Crippen molar-refractivity contribution >= 4 is 17.1 Å². The number of hydrogen-bond acceptors (Lipinski definition) is 7. The summed E-state index contributed by atoms with van der Waals surface area (Å²) in [5.74, 6) is 2.67. The van der Waals surface area contributed by atoms with Crippen LogP contribution in [0.25, 0.3) is 11.1 Å². The molecule has 0 radical (unpaired) electrons. The number of fused-ring (bicyclic) bond motifs is 1. The second-order valence-electron chi connectivity index (χ2n) is 11.0. The maximum atomic E-state index is 12.2. The Kier molecular flexibility index (Phi) is 8.26. The molecule has 3 aliphatic rings. The number of esters is 1. The van der Waals surface area contributed by atoms with E-state index in [9.17, 15) is 9.90 Å². The van der Waals surface area contributed by atoms with Gasteiger partial charge >= 0.3 is 5.97 Å². The lowest BCUT2D eigenvalue weighted by Crippen LogP contribution is -2.33. The minimum absolute atomic E-state index is 0.0462. The van der Waals surface area contributed by atoms with E-state index in [0.717, 1.165) is 77.4 Å². The van der Waals surface area contributed by atoms with Crippen molar-refractivity contribution in [2.24, 2.45) is 5.92 Å². The first kappa shape index (κ1) is 27.4. The Bertz CT molecular complexity index is 1390. The zero-order valence-electron chi connectivity index (χ0n) is 23.5. The van der Waals surface area contributed by atoms with Gasteiger partial charge in [-0.05, 0) is 109 Å². The number of nitrogens with zero attached hydrogens (tertiary/aromatic N) is 1. The molecular weight excluding hydrogens is 518 g/mol. The number of benzene rings is 3. The summed E-state index contributed by atoms with van der Waals surface area (Å²) < 4.78 is 22.7. The van der Waals surface area contributed by atoms with Gasteiger partial charge in [0.25, 0.3) is 0 Å². The van der Waals surface area contributed by atoms with Gasteiger partial charge in [0.1, 0.15) is 24.2 Å². The topological polar surface area (TPSA) is 77.5 Å². The van der Waals surface area contributed by atoms with Crippen LogP contribution < -0.4 is 18.9 Å². The molecule has 7 heteroatoms. The van der Waals surface area contributed by atoms with Crippen LogP contribution in [-0.2, 0) is 4.79 Å². The average Bonchev–Trinajstić information content (AvgIpc) is 3.53. The molecule has 6 rings (SSSR count). The number of allylic oxidation sites excluding steroid dienone is 1. The van der Waals surface area contributed by atoms with Gasteiger partial charge in [0.2, 0.25) is 6.79 Å². The highest BCUT2D eigenvalue weighted by atomic mass is 16.7. The predicted molar refractivity (Wildman–Crippen MR) is 157 cm³/mol. The maximum Gasteiger partial charge on any atom is 0.314 e.